The number of thiocarbonyl (C=S) groups is 1. The maximum Gasteiger partial charge on any atom is 0.253 e. The van der Waals surface area contributed by atoms with Gasteiger partial charge in [0.2, 0.25) is 5.91 Å². The van der Waals surface area contributed by atoms with Gasteiger partial charge >= 0.3 is 0 Å². The topological polar surface area (TPSA) is 61.4 Å². The van der Waals surface area contributed by atoms with Crippen LogP contribution in [0.15, 0.2) is 48.5 Å². The van der Waals surface area contributed by atoms with Crippen molar-refractivity contribution in [2.24, 2.45) is 5.92 Å². The van der Waals surface area contributed by atoms with E-state index in [-0.39, 0.29) is 22.8 Å². The van der Waals surface area contributed by atoms with Gasteiger partial charge in [0.05, 0.1) is 5.92 Å². The van der Waals surface area contributed by atoms with Crippen molar-refractivity contribution in [3.8, 4) is 0 Å². The van der Waals surface area contributed by atoms with Crippen LogP contribution >= 0.6 is 12.2 Å². The van der Waals surface area contributed by atoms with Crippen LogP contribution in [0.1, 0.15) is 67.4 Å². The summed E-state index contributed by atoms with van der Waals surface area (Å²) >= 11 is 5.35. The van der Waals surface area contributed by atoms with E-state index in [1.165, 1.54) is 12.0 Å². The Hall–Kier alpha value is -2.73. The Morgan fingerprint density at radius 3 is 2.34 bits per heavy atom. The van der Waals surface area contributed by atoms with E-state index in [0.29, 0.717) is 17.2 Å². The van der Waals surface area contributed by atoms with Gasteiger partial charge in [0.15, 0.2) is 5.11 Å². The smallest absolute Gasteiger partial charge is 0.253 e. The Morgan fingerprint density at radius 1 is 1.00 bits per heavy atom. The van der Waals surface area contributed by atoms with E-state index in [2.05, 4.69) is 36.6 Å². The number of nitrogens with one attached hydrogen (secondary N) is 2. The zero-order chi connectivity index (χ0) is 23.1. The summed E-state index contributed by atoms with van der Waals surface area (Å²) < 4.78 is 0. The van der Waals surface area contributed by atoms with Crippen molar-refractivity contribution in [2.45, 2.75) is 52.4 Å². The minimum Gasteiger partial charge on any atom is -0.339 e. The highest BCUT2D eigenvalue weighted by atomic mass is 32.1. The highest BCUT2D eigenvalue weighted by molar-refractivity contribution is 7.80. The average molecular weight is 452 g/mol. The number of piperidine rings is 1. The first-order valence-corrected chi connectivity index (χ1v) is 11.8. The van der Waals surface area contributed by atoms with E-state index in [0.717, 1.165) is 37.9 Å². The van der Waals surface area contributed by atoms with Crippen molar-refractivity contribution < 1.29 is 9.59 Å². The summed E-state index contributed by atoms with van der Waals surface area (Å²) in [7, 11) is 0. The van der Waals surface area contributed by atoms with Crippen LogP contribution in [-0.4, -0.2) is 34.9 Å². The number of amides is 2. The minimum absolute atomic E-state index is 0.0397. The summed E-state index contributed by atoms with van der Waals surface area (Å²) in [5, 5.41) is 6.03. The third-order valence-corrected chi connectivity index (χ3v) is 5.97. The first-order chi connectivity index (χ1) is 15.3. The number of likely N-dealkylation sites (tertiary alicyclic amines) is 1. The summed E-state index contributed by atoms with van der Waals surface area (Å²) in [4.78, 5) is 27.3. The van der Waals surface area contributed by atoms with Crippen LogP contribution in [0.2, 0.25) is 0 Å². The molecule has 5 nitrogen and oxygen atoms in total. The van der Waals surface area contributed by atoms with Crippen LogP contribution in [-0.2, 0) is 11.2 Å². The van der Waals surface area contributed by atoms with Crippen LogP contribution in [0.4, 0.5) is 5.69 Å². The van der Waals surface area contributed by atoms with Gasteiger partial charge in [-0.25, -0.2) is 0 Å². The standard InChI is InChI=1S/C26H33N3O2S/c1-18(2)16-20-10-12-21(13-11-20)19(3)24(30)28-26(32)27-23-9-7-8-22(17-23)25(31)29-14-5-4-6-15-29/h7-13,17-19H,4-6,14-16H2,1-3H3,(H2,27,28,30,32). The Balaban J connectivity index is 1.56. The molecule has 0 saturated carbocycles. The number of hydrogen-bond donors (Lipinski definition) is 2. The van der Waals surface area contributed by atoms with Gasteiger partial charge in [-0.3, -0.25) is 9.59 Å². The molecule has 0 spiro atoms. The van der Waals surface area contributed by atoms with Gasteiger partial charge in [0.1, 0.15) is 0 Å². The lowest BCUT2D eigenvalue weighted by Gasteiger charge is -2.26. The van der Waals surface area contributed by atoms with Crippen LogP contribution in [0.3, 0.4) is 0 Å². The molecule has 1 aliphatic heterocycles. The second-order valence-corrected chi connectivity index (χ2v) is 9.35. The fourth-order valence-electron chi connectivity index (χ4n) is 3.96. The molecule has 0 aliphatic carbocycles. The summed E-state index contributed by atoms with van der Waals surface area (Å²) in [6.45, 7) is 7.87. The van der Waals surface area contributed by atoms with Crippen molar-refractivity contribution in [2.75, 3.05) is 18.4 Å². The first-order valence-electron chi connectivity index (χ1n) is 11.4. The first kappa shape index (κ1) is 23.9. The third kappa shape index (κ3) is 6.63. The van der Waals surface area contributed by atoms with Gasteiger partial charge in [0.25, 0.3) is 5.91 Å². The van der Waals surface area contributed by atoms with Crippen LogP contribution < -0.4 is 10.6 Å². The quantitative estimate of drug-likeness (QED) is 0.598. The van der Waals surface area contributed by atoms with Crippen molar-refractivity contribution in [3.63, 3.8) is 0 Å². The lowest BCUT2D eigenvalue weighted by Crippen LogP contribution is -2.37. The number of rotatable bonds is 6. The van der Waals surface area contributed by atoms with Crippen molar-refractivity contribution in [1.82, 2.24) is 10.2 Å². The molecule has 2 aromatic carbocycles. The number of benzene rings is 2. The van der Waals surface area contributed by atoms with Crippen molar-refractivity contribution in [3.05, 3.63) is 65.2 Å². The SMILES string of the molecule is CC(C)Cc1ccc(C(C)C(=O)NC(=S)Nc2cccc(C(=O)N3CCCCC3)c2)cc1. The number of nitrogens with zero attached hydrogens (tertiary/aromatic N) is 1. The molecule has 1 atom stereocenters. The summed E-state index contributed by atoms with van der Waals surface area (Å²) in [6.07, 6.45) is 4.31. The van der Waals surface area contributed by atoms with E-state index in [4.69, 9.17) is 12.2 Å². The molecule has 2 amide bonds. The highest BCUT2D eigenvalue weighted by Crippen LogP contribution is 2.19. The van der Waals surface area contributed by atoms with Crippen molar-refractivity contribution >= 4 is 34.8 Å². The van der Waals surface area contributed by atoms with Gasteiger partial charge < -0.3 is 15.5 Å². The Morgan fingerprint density at radius 2 is 1.69 bits per heavy atom. The van der Waals surface area contributed by atoms with E-state index in [1.54, 1.807) is 6.07 Å². The molecular formula is C26H33N3O2S. The monoisotopic (exact) mass is 451 g/mol. The van der Waals surface area contributed by atoms with E-state index < -0.39 is 0 Å². The van der Waals surface area contributed by atoms with Crippen molar-refractivity contribution in [1.29, 1.82) is 0 Å². The molecule has 1 aliphatic rings. The maximum absolute atomic E-state index is 12.7. The Kier molecular flexibility index (Phi) is 8.39. The van der Waals surface area contributed by atoms with Crippen LogP contribution in [0.25, 0.3) is 0 Å². The van der Waals surface area contributed by atoms with Crippen LogP contribution in [0, 0.1) is 5.92 Å². The molecule has 0 radical (unpaired) electrons. The lowest BCUT2D eigenvalue weighted by molar-refractivity contribution is -0.120. The van der Waals surface area contributed by atoms with Gasteiger partial charge in [-0.15, -0.1) is 0 Å². The number of anilines is 1. The van der Waals surface area contributed by atoms with E-state index in [1.807, 2.05) is 42.2 Å². The Labute approximate surface area is 196 Å². The third-order valence-electron chi connectivity index (χ3n) is 5.76. The zero-order valence-electron chi connectivity index (χ0n) is 19.2. The molecule has 0 bridgehead atoms. The highest BCUT2D eigenvalue weighted by Gasteiger charge is 2.19. The number of carbonyl (C=O) groups excluding carboxylic acids is 2. The molecule has 0 aromatic heterocycles. The number of carbonyl (C=O) groups is 2. The fourth-order valence-corrected chi connectivity index (χ4v) is 4.18. The lowest BCUT2D eigenvalue weighted by atomic mass is 9.96. The molecule has 32 heavy (non-hydrogen) atoms. The molecule has 2 aromatic rings. The van der Waals surface area contributed by atoms with E-state index >= 15 is 0 Å². The van der Waals surface area contributed by atoms with Gasteiger partial charge in [-0.1, -0.05) is 44.2 Å². The summed E-state index contributed by atoms with van der Waals surface area (Å²) in [6, 6.07) is 15.4. The number of hydrogen-bond acceptors (Lipinski definition) is 3. The molecule has 2 N–H and O–H groups in total. The minimum atomic E-state index is -0.324. The molecule has 170 valence electrons. The molecule has 6 heteroatoms. The largest absolute Gasteiger partial charge is 0.339 e. The zero-order valence-corrected chi connectivity index (χ0v) is 20.0. The van der Waals surface area contributed by atoms with E-state index in [9.17, 15) is 9.59 Å². The molecular weight excluding hydrogens is 418 g/mol. The van der Waals surface area contributed by atoms with Gasteiger partial charge in [0, 0.05) is 24.3 Å². The fraction of sp³-hybridized carbons (Fsp3) is 0.423. The maximum atomic E-state index is 12.7. The molecule has 1 fully saturated rings. The molecule has 3 rings (SSSR count). The average Bonchev–Trinajstić information content (AvgIpc) is 2.79. The molecule has 1 heterocycles. The second-order valence-electron chi connectivity index (χ2n) is 8.94. The summed E-state index contributed by atoms with van der Waals surface area (Å²) in [5.41, 5.74) is 3.53. The Bertz CT molecular complexity index is 950. The molecule has 1 unspecified atom stereocenters. The second kappa shape index (κ2) is 11.2. The molecule has 1 saturated heterocycles. The van der Waals surface area contributed by atoms with Gasteiger partial charge in [-0.2, -0.15) is 0 Å². The predicted molar refractivity (Wildman–Crippen MR) is 134 cm³/mol. The van der Waals surface area contributed by atoms with Gasteiger partial charge in [-0.05, 0) is 80.1 Å². The van der Waals surface area contributed by atoms with Crippen LogP contribution in [0.5, 0.6) is 0 Å². The predicted octanol–water partition coefficient (Wildman–Crippen LogP) is 5.13. The normalized spacial score (nSPS) is 14.7. The summed E-state index contributed by atoms with van der Waals surface area (Å²) in [5.74, 6) is 0.144.